The minimum absolute atomic E-state index is 0.169. The summed E-state index contributed by atoms with van der Waals surface area (Å²) in [4.78, 5) is 23.8. The van der Waals surface area contributed by atoms with Gasteiger partial charge < -0.3 is 25.2 Å². The van der Waals surface area contributed by atoms with Gasteiger partial charge in [0, 0.05) is 16.6 Å². The highest BCUT2D eigenvalue weighted by molar-refractivity contribution is 14.1. The number of ketones is 1. The summed E-state index contributed by atoms with van der Waals surface area (Å²) in [5.41, 5.74) is 6.84. The van der Waals surface area contributed by atoms with Crippen molar-refractivity contribution in [2.24, 2.45) is 21.5 Å². The molecule has 1 aromatic rings. The molecule has 0 aliphatic heterocycles. The maximum atomic E-state index is 12.7. The van der Waals surface area contributed by atoms with Crippen molar-refractivity contribution >= 4 is 52.0 Å². The first-order valence-electron chi connectivity index (χ1n) is 11.2. The third kappa shape index (κ3) is 5.71. The Kier molecular flexibility index (Phi) is 8.62. The molecule has 10 nitrogen and oxygen atoms in total. The second kappa shape index (κ2) is 11.3. The fraction of sp³-hybridized carbons (Fsp3) is 0.500. The van der Waals surface area contributed by atoms with E-state index in [9.17, 15) is 9.59 Å². The number of carboxylic acids is 1. The van der Waals surface area contributed by atoms with Crippen molar-refractivity contribution in [3.05, 3.63) is 22.8 Å². The van der Waals surface area contributed by atoms with Gasteiger partial charge in [0.15, 0.2) is 17.3 Å². The minimum atomic E-state index is -1.06. The first-order chi connectivity index (χ1) is 16.6. The summed E-state index contributed by atoms with van der Waals surface area (Å²) in [6.45, 7) is 2.92. The van der Waals surface area contributed by atoms with E-state index in [1.807, 2.05) is 6.07 Å². The number of halogens is 1. The summed E-state index contributed by atoms with van der Waals surface area (Å²) >= 11 is 2.38. The van der Waals surface area contributed by atoms with Crippen LogP contribution in [-0.4, -0.2) is 53.7 Å². The van der Waals surface area contributed by atoms with Crippen molar-refractivity contribution in [3.63, 3.8) is 0 Å². The highest BCUT2D eigenvalue weighted by Crippen LogP contribution is 2.51. The molecule has 2 aliphatic rings. The molecule has 4 N–H and O–H groups in total. The fourth-order valence-electron chi connectivity index (χ4n) is 4.48. The summed E-state index contributed by atoms with van der Waals surface area (Å²) in [5, 5.41) is 17.1. The molecule has 190 valence electrons. The Bertz CT molecular complexity index is 1100. The highest BCUT2D eigenvalue weighted by atomic mass is 127. The number of benzene rings is 1. The van der Waals surface area contributed by atoms with Crippen LogP contribution in [0.5, 0.6) is 17.2 Å². The van der Waals surface area contributed by atoms with Gasteiger partial charge in [-0.2, -0.15) is 10.2 Å². The van der Waals surface area contributed by atoms with Gasteiger partial charge in [-0.05, 0) is 37.3 Å². The maximum absolute atomic E-state index is 12.7. The number of nitrogens with one attached hydrogen (secondary N) is 1. The van der Waals surface area contributed by atoms with Crippen LogP contribution in [0.1, 0.15) is 50.7 Å². The Morgan fingerprint density at radius 1 is 1.29 bits per heavy atom. The molecule has 1 atom stereocenters. The van der Waals surface area contributed by atoms with Gasteiger partial charge in [-0.1, -0.05) is 42.0 Å². The van der Waals surface area contributed by atoms with E-state index in [1.165, 1.54) is 19.0 Å². The molecule has 0 heterocycles. The van der Waals surface area contributed by atoms with Gasteiger partial charge in [0.1, 0.15) is 12.9 Å². The topological polar surface area (TPSA) is 145 Å². The standard InChI is InChI=1S/C24H31IN4O6/c1-24(2,10-18(31)32)17(30)11-35-16-9-14-7-5-6-13-8-15(25)21(29-28-12-27-26)19(13)20(14)23(34-4)22(16)33-3/h9,12,15H,5-8,10-11,26H2,1-4H3,(H,27,28)(H,31,32). The van der Waals surface area contributed by atoms with Gasteiger partial charge in [-0.3, -0.25) is 15.0 Å². The van der Waals surface area contributed by atoms with E-state index in [0.29, 0.717) is 17.2 Å². The third-order valence-electron chi connectivity index (χ3n) is 6.22. The van der Waals surface area contributed by atoms with E-state index in [1.54, 1.807) is 21.0 Å². The molecule has 1 aromatic carbocycles. The molecule has 0 spiro atoms. The number of nitrogens with two attached hydrogens (primary N) is 1. The van der Waals surface area contributed by atoms with Crippen molar-refractivity contribution < 1.29 is 28.9 Å². The van der Waals surface area contributed by atoms with Gasteiger partial charge in [-0.25, -0.2) is 0 Å². The lowest BCUT2D eigenvalue weighted by Gasteiger charge is -2.23. The van der Waals surface area contributed by atoms with Gasteiger partial charge in [0.25, 0.3) is 0 Å². The normalized spacial score (nSPS) is 18.8. The van der Waals surface area contributed by atoms with Crippen LogP contribution in [-0.2, 0) is 16.0 Å². The minimum Gasteiger partial charge on any atom is -0.492 e. The van der Waals surface area contributed by atoms with Gasteiger partial charge in [0.2, 0.25) is 5.75 Å². The van der Waals surface area contributed by atoms with Crippen LogP contribution < -0.4 is 25.5 Å². The van der Waals surface area contributed by atoms with Gasteiger partial charge in [-0.15, -0.1) is 0 Å². The van der Waals surface area contributed by atoms with Crippen LogP contribution in [0.2, 0.25) is 0 Å². The first-order valence-corrected chi connectivity index (χ1v) is 12.5. The van der Waals surface area contributed by atoms with E-state index >= 15 is 0 Å². The molecule has 0 aromatic heterocycles. The monoisotopic (exact) mass is 598 g/mol. The molecule has 35 heavy (non-hydrogen) atoms. The van der Waals surface area contributed by atoms with Crippen LogP contribution in [0.25, 0.3) is 5.57 Å². The molecule has 0 radical (unpaired) electrons. The first kappa shape index (κ1) is 26.8. The Balaban J connectivity index is 2.05. The number of hydrazone groups is 2. The lowest BCUT2D eigenvalue weighted by atomic mass is 9.85. The number of allylic oxidation sites excluding steroid dienone is 2. The zero-order chi connectivity index (χ0) is 25.8. The van der Waals surface area contributed by atoms with Crippen molar-refractivity contribution in [1.82, 2.24) is 5.43 Å². The van der Waals surface area contributed by atoms with E-state index in [2.05, 4.69) is 38.2 Å². The van der Waals surface area contributed by atoms with Crippen LogP contribution in [0, 0.1) is 5.41 Å². The molecule has 0 amide bonds. The predicted molar refractivity (Wildman–Crippen MR) is 142 cm³/mol. The molecule has 11 heteroatoms. The third-order valence-corrected chi connectivity index (χ3v) is 7.25. The second-order valence-corrected chi connectivity index (χ2v) is 10.6. The number of aliphatic carboxylic acids is 1. The van der Waals surface area contributed by atoms with Crippen LogP contribution in [0.4, 0.5) is 0 Å². The number of alkyl halides is 1. The number of nitrogens with zero attached hydrogens (tertiary/aromatic N) is 2. The zero-order valence-corrected chi connectivity index (χ0v) is 22.5. The summed E-state index contributed by atoms with van der Waals surface area (Å²) in [6, 6.07) is 1.89. The lowest BCUT2D eigenvalue weighted by molar-refractivity contribution is -0.144. The average Bonchev–Trinajstić information content (AvgIpc) is 2.99. The van der Waals surface area contributed by atoms with Crippen LogP contribution in [0.3, 0.4) is 0 Å². The van der Waals surface area contributed by atoms with E-state index in [0.717, 1.165) is 48.1 Å². The number of rotatable bonds is 10. The number of carbonyl (C=O) groups is 2. The van der Waals surface area contributed by atoms with Crippen LogP contribution in [0.15, 0.2) is 21.8 Å². The number of fused-ring (bicyclic) bond motifs is 2. The Morgan fingerprint density at radius 2 is 2.00 bits per heavy atom. The number of Topliss-reactive ketones (excluding diaryl/α,β-unsaturated/α-hetero) is 1. The molecule has 3 rings (SSSR count). The van der Waals surface area contributed by atoms with Crippen molar-refractivity contribution in [2.45, 2.75) is 49.9 Å². The summed E-state index contributed by atoms with van der Waals surface area (Å²) in [7, 11) is 3.09. The number of ether oxygens (including phenoxy) is 3. The lowest BCUT2D eigenvalue weighted by Crippen LogP contribution is -2.31. The fourth-order valence-corrected chi connectivity index (χ4v) is 5.47. The predicted octanol–water partition coefficient (Wildman–Crippen LogP) is 3.30. The smallest absolute Gasteiger partial charge is 0.304 e. The highest BCUT2D eigenvalue weighted by Gasteiger charge is 2.37. The van der Waals surface area contributed by atoms with Crippen molar-refractivity contribution in [1.29, 1.82) is 0 Å². The van der Waals surface area contributed by atoms with E-state index in [-0.39, 0.29) is 22.7 Å². The van der Waals surface area contributed by atoms with Crippen molar-refractivity contribution in [3.8, 4) is 17.2 Å². The Labute approximate surface area is 218 Å². The van der Waals surface area contributed by atoms with Gasteiger partial charge in [0.05, 0.1) is 30.3 Å². The quantitative estimate of drug-likeness (QED) is 0.0930. The molecule has 0 saturated carbocycles. The second-order valence-electron chi connectivity index (χ2n) is 9.05. The number of hydrogen-bond donors (Lipinski definition) is 3. The number of carboxylic acid groups (broad SMARTS) is 1. The average molecular weight is 598 g/mol. The number of methoxy groups -OCH3 is 2. The molecule has 2 aliphatic carbocycles. The zero-order valence-electron chi connectivity index (χ0n) is 20.3. The Hall–Kier alpha value is -2.83. The SMILES string of the molecule is COc1c(OCC(=O)C(C)(C)CC(=O)O)cc2c(c1OC)C1=C(CCC2)CC(I)C1=NNC=NN. The largest absolute Gasteiger partial charge is 0.492 e. The molecule has 0 bridgehead atoms. The molecule has 0 saturated heterocycles. The molecular formula is C24H31IN4O6. The number of carbonyl (C=O) groups excluding carboxylic acids is 1. The van der Waals surface area contributed by atoms with E-state index < -0.39 is 11.4 Å². The van der Waals surface area contributed by atoms with E-state index in [4.69, 9.17) is 25.2 Å². The summed E-state index contributed by atoms with van der Waals surface area (Å²) in [6.07, 6.45) is 4.58. The maximum Gasteiger partial charge on any atom is 0.304 e. The number of aryl methyl sites for hydroxylation is 1. The van der Waals surface area contributed by atoms with Crippen LogP contribution >= 0.6 is 22.6 Å². The Morgan fingerprint density at radius 3 is 2.63 bits per heavy atom. The van der Waals surface area contributed by atoms with Gasteiger partial charge >= 0.3 is 5.97 Å². The number of hydrogen-bond acceptors (Lipinski definition) is 8. The molecule has 0 fully saturated rings. The molecule has 1 unspecified atom stereocenters. The van der Waals surface area contributed by atoms with Crippen molar-refractivity contribution in [2.75, 3.05) is 20.8 Å². The summed E-state index contributed by atoms with van der Waals surface area (Å²) < 4.78 is 17.6. The summed E-state index contributed by atoms with van der Waals surface area (Å²) in [5.74, 6) is 5.11. The molecular weight excluding hydrogens is 567 g/mol.